The van der Waals surface area contributed by atoms with E-state index in [1.807, 2.05) is 13.2 Å². The molecule has 0 spiro atoms. The second-order valence-electron chi connectivity index (χ2n) is 3.51. The molecule has 0 aliphatic rings. The van der Waals surface area contributed by atoms with Crippen LogP contribution in [0.3, 0.4) is 0 Å². The van der Waals surface area contributed by atoms with Gasteiger partial charge in [-0.15, -0.1) is 0 Å². The standard InChI is InChI=1S/C11H19N3/c1-3-4-10(12-2)5-6-11-9-13-7-8-14-11/h7-10,12H,3-6H2,1-2H3. The van der Waals surface area contributed by atoms with E-state index >= 15 is 0 Å². The molecule has 0 amide bonds. The fraction of sp³-hybridized carbons (Fsp3) is 0.636. The molecule has 1 atom stereocenters. The van der Waals surface area contributed by atoms with Gasteiger partial charge in [-0.1, -0.05) is 13.3 Å². The SMILES string of the molecule is CCCC(CCc1cnccn1)NC. The van der Waals surface area contributed by atoms with Gasteiger partial charge < -0.3 is 5.32 Å². The maximum absolute atomic E-state index is 4.25. The van der Waals surface area contributed by atoms with E-state index in [0.717, 1.165) is 18.5 Å². The van der Waals surface area contributed by atoms with E-state index in [9.17, 15) is 0 Å². The Labute approximate surface area is 86.0 Å². The summed E-state index contributed by atoms with van der Waals surface area (Å²) in [5.74, 6) is 0. The molecule has 3 nitrogen and oxygen atoms in total. The van der Waals surface area contributed by atoms with Crippen LogP contribution >= 0.6 is 0 Å². The van der Waals surface area contributed by atoms with Crippen molar-refractivity contribution in [3.8, 4) is 0 Å². The molecule has 0 aromatic carbocycles. The summed E-state index contributed by atoms with van der Waals surface area (Å²) in [5.41, 5.74) is 1.09. The van der Waals surface area contributed by atoms with E-state index in [0.29, 0.717) is 6.04 Å². The molecular weight excluding hydrogens is 174 g/mol. The molecular formula is C11H19N3. The summed E-state index contributed by atoms with van der Waals surface area (Å²) in [6.07, 6.45) is 9.93. The predicted octanol–water partition coefficient (Wildman–Crippen LogP) is 1.80. The maximum atomic E-state index is 4.25. The molecule has 1 aromatic rings. The predicted molar refractivity (Wildman–Crippen MR) is 58.1 cm³/mol. The van der Waals surface area contributed by atoms with E-state index in [1.54, 1.807) is 12.4 Å². The molecule has 0 aliphatic carbocycles. The van der Waals surface area contributed by atoms with Gasteiger partial charge in [-0.3, -0.25) is 9.97 Å². The maximum Gasteiger partial charge on any atom is 0.0587 e. The highest BCUT2D eigenvalue weighted by atomic mass is 14.9. The number of aromatic nitrogens is 2. The van der Waals surface area contributed by atoms with Crippen molar-refractivity contribution < 1.29 is 0 Å². The summed E-state index contributed by atoms with van der Waals surface area (Å²) in [7, 11) is 2.02. The Morgan fingerprint density at radius 3 is 2.79 bits per heavy atom. The van der Waals surface area contributed by atoms with Gasteiger partial charge >= 0.3 is 0 Å². The number of hydrogen-bond acceptors (Lipinski definition) is 3. The van der Waals surface area contributed by atoms with Crippen molar-refractivity contribution in [3.63, 3.8) is 0 Å². The van der Waals surface area contributed by atoms with Gasteiger partial charge in [-0.2, -0.15) is 0 Å². The fourth-order valence-corrected chi connectivity index (χ4v) is 1.56. The molecule has 0 radical (unpaired) electrons. The van der Waals surface area contributed by atoms with Gasteiger partial charge in [0.2, 0.25) is 0 Å². The number of aryl methyl sites for hydroxylation is 1. The van der Waals surface area contributed by atoms with Crippen molar-refractivity contribution in [1.29, 1.82) is 0 Å². The third-order valence-corrected chi connectivity index (χ3v) is 2.41. The summed E-state index contributed by atoms with van der Waals surface area (Å²) in [4.78, 5) is 8.31. The Kier molecular flexibility index (Phi) is 5.15. The Bertz CT molecular complexity index is 236. The molecule has 0 aliphatic heterocycles. The van der Waals surface area contributed by atoms with Gasteiger partial charge in [0, 0.05) is 24.6 Å². The first kappa shape index (κ1) is 11.1. The van der Waals surface area contributed by atoms with Crippen LogP contribution in [0.1, 0.15) is 31.9 Å². The Morgan fingerprint density at radius 2 is 2.21 bits per heavy atom. The summed E-state index contributed by atoms with van der Waals surface area (Å²) >= 11 is 0. The van der Waals surface area contributed by atoms with E-state index < -0.39 is 0 Å². The van der Waals surface area contributed by atoms with Crippen LogP contribution in [-0.4, -0.2) is 23.1 Å². The summed E-state index contributed by atoms with van der Waals surface area (Å²) in [6, 6.07) is 0.613. The topological polar surface area (TPSA) is 37.8 Å². The van der Waals surface area contributed by atoms with E-state index in [4.69, 9.17) is 0 Å². The quantitative estimate of drug-likeness (QED) is 0.748. The molecule has 0 bridgehead atoms. The number of nitrogens with one attached hydrogen (secondary N) is 1. The van der Waals surface area contributed by atoms with Crippen molar-refractivity contribution in [3.05, 3.63) is 24.3 Å². The van der Waals surface area contributed by atoms with Crippen LogP contribution in [0.5, 0.6) is 0 Å². The fourth-order valence-electron chi connectivity index (χ4n) is 1.56. The summed E-state index contributed by atoms with van der Waals surface area (Å²) in [5, 5.41) is 3.33. The van der Waals surface area contributed by atoms with Crippen molar-refractivity contribution in [2.45, 2.75) is 38.6 Å². The van der Waals surface area contributed by atoms with Crippen molar-refractivity contribution in [1.82, 2.24) is 15.3 Å². The Morgan fingerprint density at radius 1 is 1.36 bits per heavy atom. The van der Waals surface area contributed by atoms with Crippen molar-refractivity contribution >= 4 is 0 Å². The molecule has 1 rings (SSSR count). The molecule has 0 fully saturated rings. The molecule has 14 heavy (non-hydrogen) atoms. The second-order valence-corrected chi connectivity index (χ2v) is 3.51. The van der Waals surface area contributed by atoms with Crippen LogP contribution in [-0.2, 0) is 6.42 Å². The lowest BCUT2D eigenvalue weighted by Gasteiger charge is -2.14. The monoisotopic (exact) mass is 193 g/mol. The first-order chi connectivity index (χ1) is 6.86. The highest BCUT2D eigenvalue weighted by molar-refractivity contribution is 4.95. The number of hydrogen-bond donors (Lipinski definition) is 1. The van der Waals surface area contributed by atoms with Crippen LogP contribution in [0.15, 0.2) is 18.6 Å². The summed E-state index contributed by atoms with van der Waals surface area (Å²) < 4.78 is 0. The normalized spacial score (nSPS) is 12.7. The van der Waals surface area contributed by atoms with E-state index in [-0.39, 0.29) is 0 Å². The lowest BCUT2D eigenvalue weighted by Crippen LogP contribution is -2.25. The molecule has 78 valence electrons. The molecule has 3 heteroatoms. The molecule has 0 saturated carbocycles. The lowest BCUT2D eigenvalue weighted by molar-refractivity contribution is 0.481. The van der Waals surface area contributed by atoms with E-state index in [1.165, 1.54) is 12.8 Å². The van der Waals surface area contributed by atoms with Gasteiger partial charge in [0.1, 0.15) is 0 Å². The zero-order chi connectivity index (χ0) is 10.2. The van der Waals surface area contributed by atoms with Gasteiger partial charge in [-0.05, 0) is 26.3 Å². The smallest absolute Gasteiger partial charge is 0.0587 e. The first-order valence-corrected chi connectivity index (χ1v) is 5.29. The zero-order valence-electron chi connectivity index (χ0n) is 9.03. The van der Waals surface area contributed by atoms with Crippen molar-refractivity contribution in [2.75, 3.05) is 7.05 Å². The number of rotatable bonds is 6. The first-order valence-electron chi connectivity index (χ1n) is 5.29. The largest absolute Gasteiger partial charge is 0.317 e. The second kappa shape index (κ2) is 6.49. The Hall–Kier alpha value is -0.960. The van der Waals surface area contributed by atoms with Crippen molar-refractivity contribution in [2.24, 2.45) is 0 Å². The lowest BCUT2D eigenvalue weighted by atomic mass is 10.1. The van der Waals surface area contributed by atoms with Gasteiger partial charge in [0.15, 0.2) is 0 Å². The third-order valence-electron chi connectivity index (χ3n) is 2.41. The van der Waals surface area contributed by atoms with Crippen LogP contribution in [0.4, 0.5) is 0 Å². The van der Waals surface area contributed by atoms with Gasteiger partial charge in [0.05, 0.1) is 5.69 Å². The highest BCUT2D eigenvalue weighted by Gasteiger charge is 2.04. The highest BCUT2D eigenvalue weighted by Crippen LogP contribution is 2.05. The van der Waals surface area contributed by atoms with Crippen LogP contribution in [0, 0.1) is 0 Å². The average molecular weight is 193 g/mol. The minimum atomic E-state index is 0.613. The molecule has 1 unspecified atom stereocenters. The van der Waals surface area contributed by atoms with Gasteiger partial charge in [0.25, 0.3) is 0 Å². The summed E-state index contributed by atoms with van der Waals surface area (Å²) in [6.45, 7) is 2.21. The van der Waals surface area contributed by atoms with Gasteiger partial charge in [-0.25, -0.2) is 0 Å². The zero-order valence-corrected chi connectivity index (χ0v) is 9.03. The minimum Gasteiger partial charge on any atom is -0.317 e. The van der Waals surface area contributed by atoms with Crippen LogP contribution in [0.2, 0.25) is 0 Å². The Balaban J connectivity index is 2.32. The average Bonchev–Trinajstić information content (AvgIpc) is 2.25. The number of nitrogens with zero attached hydrogens (tertiary/aromatic N) is 2. The molecule has 1 aromatic heterocycles. The van der Waals surface area contributed by atoms with Crippen LogP contribution < -0.4 is 5.32 Å². The third kappa shape index (κ3) is 3.83. The molecule has 1 N–H and O–H groups in total. The minimum absolute atomic E-state index is 0.613. The molecule has 0 saturated heterocycles. The van der Waals surface area contributed by atoms with Crippen LogP contribution in [0.25, 0.3) is 0 Å². The molecule has 1 heterocycles. The van der Waals surface area contributed by atoms with E-state index in [2.05, 4.69) is 22.2 Å².